The van der Waals surface area contributed by atoms with Crippen LogP contribution in [0, 0.1) is 0 Å². The van der Waals surface area contributed by atoms with Gasteiger partial charge in [-0.05, 0) is 29.8 Å². The number of nitrogens with one attached hydrogen (secondary N) is 2. The summed E-state index contributed by atoms with van der Waals surface area (Å²) < 4.78 is 10.5. The van der Waals surface area contributed by atoms with Crippen LogP contribution in [-0.4, -0.2) is 70.8 Å². The van der Waals surface area contributed by atoms with Crippen molar-refractivity contribution in [3.8, 4) is 11.5 Å². The minimum atomic E-state index is -0.0769. The summed E-state index contributed by atoms with van der Waals surface area (Å²) in [5.74, 6) is 2.32. The molecule has 0 unspecified atom stereocenters. The highest BCUT2D eigenvalue weighted by atomic mass is 127. The summed E-state index contributed by atoms with van der Waals surface area (Å²) in [7, 11) is 5.06. The summed E-state index contributed by atoms with van der Waals surface area (Å²) in [6, 6.07) is 15.7. The Morgan fingerprint density at radius 1 is 0.969 bits per heavy atom. The molecular formula is C23H32IN5O3. The molecule has 8 nitrogen and oxygen atoms in total. The first-order valence-corrected chi connectivity index (χ1v) is 10.4. The van der Waals surface area contributed by atoms with Gasteiger partial charge in [-0.3, -0.25) is 9.79 Å². The largest absolute Gasteiger partial charge is 0.497 e. The number of carbonyl (C=O) groups excluding carboxylic acids is 1. The third-order valence-electron chi connectivity index (χ3n) is 5.27. The topological polar surface area (TPSA) is 78.4 Å². The lowest BCUT2D eigenvalue weighted by Crippen LogP contribution is -2.53. The molecular weight excluding hydrogens is 521 g/mol. The van der Waals surface area contributed by atoms with E-state index in [1.165, 1.54) is 0 Å². The average Bonchev–Trinajstić information content (AvgIpc) is 2.84. The Hall–Kier alpha value is -2.69. The minimum absolute atomic E-state index is 0. The second-order valence-corrected chi connectivity index (χ2v) is 7.20. The normalized spacial score (nSPS) is 13.8. The zero-order valence-corrected chi connectivity index (χ0v) is 21.2. The number of guanidine groups is 1. The third kappa shape index (κ3) is 7.18. The monoisotopic (exact) mass is 553 g/mol. The maximum atomic E-state index is 12.2. The Bertz CT molecular complexity index is 883. The number of carbonyl (C=O) groups is 1. The number of benzene rings is 2. The van der Waals surface area contributed by atoms with Crippen LogP contribution in [0.4, 0.5) is 5.69 Å². The standard InChI is InChI=1S/C23H31N5O3.HI/c1-24-23(26-17-22(29)25-16-18-7-9-20(30-2)10-8-18)28-13-11-27(12-14-28)19-5-4-6-21(15-19)31-3;/h4-10,15H,11-14,16-17H2,1-3H3,(H,24,26)(H,25,29);1H. The lowest BCUT2D eigenvalue weighted by molar-refractivity contribution is -0.120. The van der Waals surface area contributed by atoms with E-state index in [-0.39, 0.29) is 36.4 Å². The molecule has 3 rings (SSSR count). The molecule has 1 aliphatic heterocycles. The van der Waals surface area contributed by atoms with Gasteiger partial charge in [-0.1, -0.05) is 18.2 Å². The van der Waals surface area contributed by atoms with E-state index < -0.39 is 0 Å². The molecule has 1 heterocycles. The summed E-state index contributed by atoms with van der Waals surface area (Å²) >= 11 is 0. The average molecular weight is 553 g/mol. The Morgan fingerprint density at radius 2 is 1.66 bits per heavy atom. The number of halogens is 1. The highest BCUT2D eigenvalue weighted by Gasteiger charge is 2.20. The molecule has 1 fully saturated rings. The predicted octanol–water partition coefficient (Wildman–Crippen LogP) is 2.34. The number of hydrogen-bond acceptors (Lipinski definition) is 5. The van der Waals surface area contributed by atoms with Crippen LogP contribution >= 0.6 is 24.0 Å². The van der Waals surface area contributed by atoms with E-state index in [1.54, 1.807) is 21.3 Å². The molecule has 0 spiro atoms. The fraction of sp³-hybridized carbons (Fsp3) is 0.391. The Kier molecular flexibility index (Phi) is 10.4. The number of hydrogen-bond donors (Lipinski definition) is 2. The Labute approximate surface area is 207 Å². The van der Waals surface area contributed by atoms with E-state index in [0.29, 0.717) is 6.54 Å². The highest BCUT2D eigenvalue weighted by molar-refractivity contribution is 14.0. The molecule has 0 saturated carbocycles. The first-order valence-electron chi connectivity index (χ1n) is 10.4. The van der Waals surface area contributed by atoms with Crippen LogP contribution in [0.1, 0.15) is 5.56 Å². The summed E-state index contributed by atoms with van der Waals surface area (Å²) in [5, 5.41) is 6.09. The van der Waals surface area contributed by atoms with Crippen LogP contribution in [0.5, 0.6) is 11.5 Å². The molecule has 2 aromatic rings. The molecule has 2 aromatic carbocycles. The lowest BCUT2D eigenvalue weighted by atomic mass is 10.2. The number of aliphatic imine (C=N–C) groups is 1. The number of ether oxygens (including phenoxy) is 2. The minimum Gasteiger partial charge on any atom is -0.497 e. The van der Waals surface area contributed by atoms with Gasteiger partial charge >= 0.3 is 0 Å². The van der Waals surface area contributed by atoms with Gasteiger partial charge in [0, 0.05) is 51.5 Å². The Balaban J connectivity index is 0.00000363. The molecule has 9 heteroatoms. The summed E-state index contributed by atoms with van der Waals surface area (Å²) in [6.07, 6.45) is 0. The van der Waals surface area contributed by atoms with Gasteiger partial charge < -0.3 is 29.9 Å². The van der Waals surface area contributed by atoms with Gasteiger partial charge in [-0.2, -0.15) is 0 Å². The van der Waals surface area contributed by atoms with Crippen LogP contribution in [0.15, 0.2) is 53.5 Å². The maximum Gasteiger partial charge on any atom is 0.239 e. The Morgan fingerprint density at radius 3 is 2.28 bits per heavy atom. The van der Waals surface area contributed by atoms with E-state index in [1.807, 2.05) is 36.4 Å². The first-order chi connectivity index (χ1) is 15.1. The fourth-order valence-electron chi connectivity index (χ4n) is 3.48. The second-order valence-electron chi connectivity index (χ2n) is 7.20. The van der Waals surface area contributed by atoms with Gasteiger partial charge in [-0.25, -0.2) is 0 Å². The number of rotatable bonds is 7. The summed E-state index contributed by atoms with van der Waals surface area (Å²) in [6.45, 7) is 4.05. The van der Waals surface area contributed by atoms with Gasteiger partial charge in [0.1, 0.15) is 11.5 Å². The molecule has 1 saturated heterocycles. The molecule has 1 amide bonds. The predicted molar refractivity (Wildman–Crippen MR) is 138 cm³/mol. The molecule has 0 radical (unpaired) electrons. The maximum absolute atomic E-state index is 12.2. The zero-order chi connectivity index (χ0) is 22.1. The van der Waals surface area contributed by atoms with Crippen molar-refractivity contribution in [2.24, 2.45) is 4.99 Å². The van der Waals surface area contributed by atoms with E-state index in [2.05, 4.69) is 37.6 Å². The van der Waals surface area contributed by atoms with Crippen molar-refractivity contribution < 1.29 is 14.3 Å². The molecule has 0 bridgehead atoms. The van der Waals surface area contributed by atoms with Crippen molar-refractivity contribution in [3.63, 3.8) is 0 Å². The molecule has 0 atom stereocenters. The lowest BCUT2D eigenvalue weighted by Gasteiger charge is -2.37. The zero-order valence-electron chi connectivity index (χ0n) is 18.8. The van der Waals surface area contributed by atoms with Crippen LogP contribution in [0.25, 0.3) is 0 Å². The SMILES string of the molecule is CN=C(NCC(=O)NCc1ccc(OC)cc1)N1CCN(c2cccc(OC)c2)CC1.I. The van der Waals surface area contributed by atoms with Crippen LogP contribution < -0.4 is 25.0 Å². The number of nitrogens with zero attached hydrogens (tertiary/aromatic N) is 3. The van der Waals surface area contributed by atoms with Crippen molar-refractivity contribution in [3.05, 3.63) is 54.1 Å². The number of amides is 1. The molecule has 0 aliphatic carbocycles. The van der Waals surface area contributed by atoms with Gasteiger partial charge in [0.15, 0.2) is 5.96 Å². The smallest absolute Gasteiger partial charge is 0.239 e. The van der Waals surface area contributed by atoms with Crippen LogP contribution in [0.3, 0.4) is 0 Å². The van der Waals surface area contributed by atoms with Crippen LogP contribution in [-0.2, 0) is 11.3 Å². The van der Waals surface area contributed by atoms with Crippen molar-refractivity contribution >= 4 is 41.5 Å². The molecule has 2 N–H and O–H groups in total. The van der Waals surface area contributed by atoms with Crippen LogP contribution in [0.2, 0.25) is 0 Å². The molecule has 174 valence electrons. The van der Waals surface area contributed by atoms with E-state index in [9.17, 15) is 4.79 Å². The van der Waals surface area contributed by atoms with Crippen molar-refractivity contribution in [2.75, 3.05) is 58.9 Å². The summed E-state index contributed by atoms with van der Waals surface area (Å²) in [4.78, 5) is 21.1. The van der Waals surface area contributed by atoms with E-state index in [0.717, 1.165) is 54.9 Å². The first kappa shape index (κ1) is 25.6. The number of piperazine rings is 1. The van der Waals surface area contributed by atoms with Gasteiger partial charge in [0.25, 0.3) is 0 Å². The fourth-order valence-corrected chi connectivity index (χ4v) is 3.48. The number of anilines is 1. The third-order valence-corrected chi connectivity index (χ3v) is 5.27. The highest BCUT2D eigenvalue weighted by Crippen LogP contribution is 2.22. The molecule has 0 aromatic heterocycles. The van der Waals surface area contributed by atoms with Gasteiger partial charge in [-0.15, -0.1) is 24.0 Å². The second kappa shape index (κ2) is 13.0. The van der Waals surface area contributed by atoms with E-state index in [4.69, 9.17) is 9.47 Å². The van der Waals surface area contributed by atoms with Gasteiger partial charge in [0.2, 0.25) is 5.91 Å². The van der Waals surface area contributed by atoms with E-state index >= 15 is 0 Å². The molecule has 32 heavy (non-hydrogen) atoms. The number of methoxy groups -OCH3 is 2. The van der Waals surface area contributed by atoms with Gasteiger partial charge in [0.05, 0.1) is 20.8 Å². The van der Waals surface area contributed by atoms with Crippen molar-refractivity contribution in [1.82, 2.24) is 15.5 Å². The van der Waals surface area contributed by atoms with Crippen molar-refractivity contribution in [1.29, 1.82) is 0 Å². The van der Waals surface area contributed by atoms with Crippen molar-refractivity contribution in [2.45, 2.75) is 6.54 Å². The molecule has 1 aliphatic rings. The quantitative estimate of drug-likeness (QED) is 0.312. The summed E-state index contributed by atoms with van der Waals surface area (Å²) in [5.41, 5.74) is 2.17.